The summed E-state index contributed by atoms with van der Waals surface area (Å²) in [6, 6.07) is 15.5. The molecule has 5 nitrogen and oxygen atoms in total. The molecule has 0 aliphatic heterocycles. The van der Waals surface area contributed by atoms with Crippen LogP contribution in [0, 0.1) is 10.1 Å². The van der Waals surface area contributed by atoms with E-state index in [2.05, 4.69) is 0 Å². The number of carbonyl (C=O) groups is 1. The molecule has 0 radical (unpaired) electrons. The van der Waals surface area contributed by atoms with Crippen LogP contribution < -0.4 is 0 Å². The second kappa shape index (κ2) is 8.43. The van der Waals surface area contributed by atoms with Crippen LogP contribution >= 0.6 is 0 Å². The number of non-ortho nitro benzene ring substituents is 1. The van der Waals surface area contributed by atoms with Crippen LogP contribution in [0.3, 0.4) is 0 Å². The summed E-state index contributed by atoms with van der Waals surface area (Å²) in [6.45, 7) is 2.04. The van der Waals surface area contributed by atoms with Gasteiger partial charge in [0.2, 0.25) is 0 Å². The van der Waals surface area contributed by atoms with Gasteiger partial charge in [0, 0.05) is 12.1 Å². The lowest BCUT2D eigenvalue weighted by Crippen LogP contribution is -2.05. The lowest BCUT2D eigenvalue weighted by atomic mass is 10.1. The molecular formula is C19H17NO4. The maximum Gasteiger partial charge on any atom is 0.338 e. The first kappa shape index (κ1) is 17.1. The topological polar surface area (TPSA) is 69.4 Å². The minimum atomic E-state index is -0.452. The zero-order valence-electron chi connectivity index (χ0n) is 13.2. The summed E-state index contributed by atoms with van der Waals surface area (Å²) in [7, 11) is 0. The highest BCUT2D eigenvalue weighted by Gasteiger charge is 2.08. The van der Waals surface area contributed by atoms with Crippen LogP contribution in [-0.4, -0.2) is 17.5 Å². The van der Waals surface area contributed by atoms with Crippen LogP contribution in [0.15, 0.2) is 66.2 Å². The molecule has 0 N–H and O–H groups in total. The van der Waals surface area contributed by atoms with E-state index in [9.17, 15) is 14.9 Å². The predicted molar refractivity (Wildman–Crippen MR) is 93.2 cm³/mol. The third-order valence-corrected chi connectivity index (χ3v) is 3.19. The number of ether oxygens (including phenoxy) is 1. The molecule has 0 fully saturated rings. The first-order chi connectivity index (χ1) is 11.6. The number of carbonyl (C=O) groups excluding carboxylic acids is 1. The third kappa shape index (κ3) is 4.91. The first-order valence-corrected chi connectivity index (χ1v) is 7.46. The van der Waals surface area contributed by atoms with Gasteiger partial charge in [-0.2, -0.15) is 0 Å². The monoisotopic (exact) mass is 323 g/mol. The van der Waals surface area contributed by atoms with E-state index in [0.717, 1.165) is 11.1 Å². The van der Waals surface area contributed by atoms with Crippen molar-refractivity contribution in [2.24, 2.45) is 0 Å². The fourth-order valence-corrected chi connectivity index (χ4v) is 2.01. The van der Waals surface area contributed by atoms with Crippen LogP contribution in [-0.2, 0) is 9.53 Å². The van der Waals surface area contributed by atoms with Crippen LogP contribution in [0.25, 0.3) is 12.2 Å². The van der Waals surface area contributed by atoms with Crippen molar-refractivity contribution >= 4 is 23.8 Å². The Balaban J connectivity index is 2.26. The first-order valence-electron chi connectivity index (χ1n) is 7.46. The smallest absolute Gasteiger partial charge is 0.338 e. The molecule has 0 unspecified atom stereocenters. The van der Waals surface area contributed by atoms with Gasteiger partial charge in [-0.1, -0.05) is 36.4 Å². The van der Waals surface area contributed by atoms with Crippen LogP contribution in [0.2, 0.25) is 0 Å². The van der Waals surface area contributed by atoms with Crippen molar-refractivity contribution in [2.75, 3.05) is 6.61 Å². The van der Waals surface area contributed by atoms with Crippen molar-refractivity contribution in [1.82, 2.24) is 0 Å². The minimum Gasteiger partial charge on any atom is -0.462 e. The molecule has 0 atom stereocenters. The molecule has 2 rings (SSSR count). The Morgan fingerprint density at radius 2 is 1.75 bits per heavy atom. The van der Waals surface area contributed by atoms with Crippen LogP contribution in [0.5, 0.6) is 0 Å². The fraction of sp³-hybridized carbons (Fsp3) is 0.105. The summed E-state index contributed by atoms with van der Waals surface area (Å²) in [5.74, 6) is -0.417. The number of hydrogen-bond donors (Lipinski definition) is 0. The van der Waals surface area contributed by atoms with Gasteiger partial charge in [-0.15, -0.1) is 0 Å². The Labute approximate surface area is 140 Å². The Morgan fingerprint density at radius 1 is 1.08 bits per heavy atom. The van der Waals surface area contributed by atoms with Crippen molar-refractivity contribution in [3.05, 3.63) is 87.5 Å². The molecule has 0 saturated heterocycles. The zero-order valence-corrected chi connectivity index (χ0v) is 13.2. The van der Waals surface area contributed by atoms with Gasteiger partial charge in [0.15, 0.2) is 0 Å². The van der Waals surface area contributed by atoms with Gasteiger partial charge < -0.3 is 4.74 Å². The minimum absolute atomic E-state index is 0.0255. The lowest BCUT2D eigenvalue weighted by molar-refractivity contribution is -0.384. The summed E-state index contributed by atoms with van der Waals surface area (Å²) in [4.78, 5) is 22.3. The molecule has 122 valence electrons. The van der Waals surface area contributed by atoms with Crippen molar-refractivity contribution in [2.45, 2.75) is 6.92 Å². The maximum absolute atomic E-state index is 12.1. The van der Waals surface area contributed by atoms with Gasteiger partial charge in [0.25, 0.3) is 5.69 Å². The lowest BCUT2D eigenvalue weighted by Gasteiger charge is -2.03. The number of benzene rings is 2. The quantitative estimate of drug-likeness (QED) is 0.262. The number of hydrogen-bond acceptors (Lipinski definition) is 4. The van der Waals surface area contributed by atoms with Crippen molar-refractivity contribution < 1.29 is 14.5 Å². The molecule has 0 amide bonds. The van der Waals surface area contributed by atoms with Gasteiger partial charge >= 0.3 is 5.97 Å². The number of rotatable bonds is 6. The molecular weight excluding hydrogens is 306 g/mol. The Morgan fingerprint density at radius 3 is 2.33 bits per heavy atom. The summed E-state index contributed by atoms with van der Waals surface area (Å²) in [6.07, 6.45) is 5.10. The van der Waals surface area contributed by atoms with Crippen molar-refractivity contribution in [3.63, 3.8) is 0 Å². The highest BCUT2D eigenvalue weighted by molar-refractivity contribution is 5.97. The van der Waals surface area contributed by atoms with E-state index in [-0.39, 0.29) is 12.3 Å². The maximum atomic E-state index is 12.1. The van der Waals surface area contributed by atoms with E-state index in [1.165, 1.54) is 12.1 Å². The molecule has 5 heteroatoms. The highest BCUT2D eigenvalue weighted by Crippen LogP contribution is 2.15. The molecule has 0 aliphatic carbocycles. The molecule has 2 aromatic rings. The highest BCUT2D eigenvalue weighted by atomic mass is 16.6. The second-order valence-electron chi connectivity index (χ2n) is 4.91. The van der Waals surface area contributed by atoms with E-state index in [0.29, 0.717) is 5.57 Å². The summed E-state index contributed by atoms with van der Waals surface area (Å²) in [5, 5.41) is 10.7. The predicted octanol–water partition coefficient (Wildman–Crippen LogP) is 4.25. The normalized spacial score (nSPS) is 11.5. The zero-order chi connectivity index (χ0) is 17.4. The average Bonchev–Trinajstić information content (AvgIpc) is 2.60. The molecule has 0 aromatic heterocycles. The van der Waals surface area contributed by atoms with Gasteiger partial charge in [-0.25, -0.2) is 4.79 Å². The average molecular weight is 323 g/mol. The Kier molecular flexibility index (Phi) is 6.02. The summed E-state index contributed by atoms with van der Waals surface area (Å²) in [5.41, 5.74) is 2.07. The molecule has 2 aromatic carbocycles. The third-order valence-electron chi connectivity index (χ3n) is 3.19. The largest absolute Gasteiger partial charge is 0.462 e. The van der Waals surface area contributed by atoms with Gasteiger partial charge in [-0.3, -0.25) is 10.1 Å². The van der Waals surface area contributed by atoms with E-state index in [1.54, 1.807) is 37.3 Å². The molecule has 0 aliphatic rings. The standard InChI is InChI=1S/C19H17NO4/c1-2-24-19(21)17(14-16-6-4-3-5-7-16)11-8-15-9-12-18(13-10-15)20(22)23/h3-14H,2H2,1H3/b11-8+,17-14+. The summed E-state index contributed by atoms with van der Waals surface area (Å²) < 4.78 is 5.07. The Bertz CT molecular complexity index is 762. The fourth-order valence-electron chi connectivity index (χ4n) is 2.01. The van der Waals surface area contributed by atoms with Crippen LogP contribution in [0.1, 0.15) is 18.1 Å². The van der Waals surface area contributed by atoms with Gasteiger partial charge in [0.1, 0.15) is 0 Å². The van der Waals surface area contributed by atoms with Crippen LogP contribution in [0.4, 0.5) is 5.69 Å². The SMILES string of the molecule is CCOC(=O)C(/C=C/c1ccc([N+](=O)[O-])cc1)=C/c1ccccc1. The molecule has 0 saturated carbocycles. The van der Waals surface area contributed by atoms with Gasteiger partial charge in [0.05, 0.1) is 17.1 Å². The second-order valence-corrected chi connectivity index (χ2v) is 4.91. The molecule has 0 spiro atoms. The number of esters is 1. The van der Waals surface area contributed by atoms with E-state index < -0.39 is 10.9 Å². The molecule has 0 heterocycles. The number of nitro groups is 1. The van der Waals surface area contributed by atoms with E-state index >= 15 is 0 Å². The van der Waals surface area contributed by atoms with Gasteiger partial charge in [-0.05, 0) is 42.3 Å². The van der Waals surface area contributed by atoms with E-state index in [4.69, 9.17) is 4.74 Å². The van der Waals surface area contributed by atoms with E-state index in [1.807, 2.05) is 30.3 Å². The summed E-state index contributed by atoms with van der Waals surface area (Å²) >= 11 is 0. The Hall–Kier alpha value is -3.21. The van der Waals surface area contributed by atoms with Crippen molar-refractivity contribution in [3.8, 4) is 0 Å². The number of nitrogens with zero attached hydrogens (tertiary/aromatic N) is 1. The molecule has 0 bridgehead atoms. The number of nitro benzene ring substituents is 1. The van der Waals surface area contributed by atoms with Crippen molar-refractivity contribution in [1.29, 1.82) is 0 Å². The molecule has 24 heavy (non-hydrogen) atoms.